The van der Waals surface area contributed by atoms with Gasteiger partial charge in [-0.1, -0.05) is 72.8 Å². The molecule has 2 nitrogen and oxygen atoms in total. The van der Waals surface area contributed by atoms with E-state index in [0.29, 0.717) is 0 Å². The molecule has 0 radical (unpaired) electrons. The Morgan fingerprint density at radius 2 is 1.55 bits per heavy atom. The summed E-state index contributed by atoms with van der Waals surface area (Å²) in [7, 11) is 1.44. The Hall–Kier alpha value is -2.35. The molecule has 22 heavy (non-hydrogen) atoms. The number of carbonyl (C=O) groups excluding carboxylic acids is 1. The summed E-state index contributed by atoms with van der Waals surface area (Å²) in [6, 6.07) is 20.1. The summed E-state index contributed by atoms with van der Waals surface area (Å²) < 4.78 is 5.00. The minimum absolute atomic E-state index is 0.0543. The largest absolute Gasteiger partial charge is 0.469 e. The summed E-state index contributed by atoms with van der Waals surface area (Å²) >= 11 is 0. The summed E-state index contributed by atoms with van der Waals surface area (Å²) in [5.41, 5.74) is 1.58. The lowest BCUT2D eigenvalue weighted by Gasteiger charge is -2.30. The molecule has 2 aromatic rings. The van der Waals surface area contributed by atoms with E-state index in [1.165, 1.54) is 7.11 Å². The molecule has 0 amide bonds. The zero-order valence-corrected chi connectivity index (χ0v) is 13.3. The first-order chi connectivity index (χ1) is 10.6. The van der Waals surface area contributed by atoms with Crippen LogP contribution in [0.15, 0.2) is 66.7 Å². The van der Waals surface area contributed by atoms with Gasteiger partial charge < -0.3 is 4.74 Å². The molecule has 0 saturated heterocycles. The monoisotopic (exact) mass is 294 g/mol. The Bertz CT molecular complexity index is 627. The molecule has 2 aromatic carbocycles. The first-order valence-electron chi connectivity index (χ1n) is 7.42. The molecular formula is C20H22O2. The molecule has 1 atom stereocenters. The third-order valence-corrected chi connectivity index (χ3v) is 3.93. The molecule has 2 heteroatoms. The van der Waals surface area contributed by atoms with Gasteiger partial charge in [-0.05, 0) is 25.0 Å². The minimum atomic E-state index is -0.638. The fourth-order valence-electron chi connectivity index (χ4n) is 2.59. The van der Waals surface area contributed by atoms with Gasteiger partial charge in [-0.3, -0.25) is 4.79 Å². The molecule has 2 rings (SSSR count). The number of esters is 1. The second kappa shape index (κ2) is 7.08. The van der Waals surface area contributed by atoms with Gasteiger partial charge in [0, 0.05) is 5.92 Å². The van der Waals surface area contributed by atoms with Crippen LogP contribution in [0.5, 0.6) is 0 Å². The standard InChI is InChI=1S/C20H22O2/c1-20(2,19(21)22-3)18(17-12-8-5-9-13-17)15-14-16-10-6-4-7-11-16/h4-15,18H,1-3H3/b15-14+. The van der Waals surface area contributed by atoms with Crippen LogP contribution in [0.1, 0.15) is 30.9 Å². The van der Waals surface area contributed by atoms with E-state index in [2.05, 4.69) is 12.2 Å². The summed E-state index contributed by atoms with van der Waals surface area (Å²) in [4.78, 5) is 12.2. The number of carbonyl (C=O) groups is 1. The lowest BCUT2D eigenvalue weighted by Crippen LogP contribution is -2.31. The smallest absolute Gasteiger partial charge is 0.312 e. The number of rotatable bonds is 5. The van der Waals surface area contributed by atoms with Gasteiger partial charge in [0.05, 0.1) is 12.5 Å². The number of methoxy groups -OCH3 is 1. The number of ether oxygens (including phenoxy) is 1. The van der Waals surface area contributed by atoms with Crippen LogP contribution in [0.4, 0.5) is 0 Å². The molecule has 0 aliphatic heterocycles. The molecule has 114 valence electrons. The molecule has 0 heterocycles. The highest BCUT2D eigenvalue weighted by atomic mass is 16.5. The summed E-state index contributed by atoms with van der Waals surface area (Å²) in [6.45, 7) is 3.84. The normalized spacial score (nSPS) is 13.0. The summed E-state index contributed by atoms with van der Waals surface area (Å²) in [6.07, 6.45) is 4.14. The highest BCUT2D eigenvalue weighted by molar-refractivity contribution is 5.78. The third kappa shape index (κ3) is 3.64. The van der Waals surface area contributed by atoms with Gasteiger partial charge in [-0.2, -0.15) is 0 Å². The van der Waals surface area contributed by atoms with Gasteiger partial charge in [0.2, 0.25) is 0 Å². The molecule has 0 aliphatic rings. The Labute approximate surface area is 132 Å². The fraction of sp³-hybridized carbons (Fsp3) is 0.250. The van der Waals surface area contributed by atoms with Crippen molar-refractivity contribution in [3.05, 3.63) is 77.9 Å². The molecule has 0 spiro atoms. The topological polar surface area (TPSA) is 26.3 Å². The third-order valence-electron chi connectivity index (χ3n) is 3.93. The Kier molecular flexibility index (Phi) is 5.16. The maximum Gasteiger partial charge on any atom is 0.312 e. The van der Waals surface area contributed by atoms with E-state index < -0.39 is 5.41 Å². The Morgan fingerprint density at radius 1 is 1.00 bits per heavy atom. The van der Waals surface area contributed by atoms with Crippen molar-refractivity contribution in [3.63, 3.8) is 0 Å². The van der Waals surface area contributed by atoms with Crippen LogP contribution in [0.2, 0.25) is 0 Å². The highest BCUT2D eigenvalue weighted by Crippen LogP contribution is 2.38. The summed E-state index contributed by atoms with van der Waals surface area (Å²) in [5.74, 6) is -0.263. The van der Waals surface area contributed by atoms with Gasteiger partial charge >= 0.3 is 5.97 Å². The van der Waals surface area contributed by atoms with Gasteiger partial charge in [-0.15, -0.1) is 0 Å². The van der Waals surface area contributed by atoms with Crippen LogP contribution in [0.3, 0.4) is 0 Å². The van der Waals surface area contributed by atoms with Gasteiger partial charge in [-0.25, -0.2) is 0 Å². The zero-order chi connectivity index (χ0) is 16.0. The van der Waals surface area contributed by atoms with E-state index in [0.717, 1.165) is 11.1 Å². The molecule has 0 aliphatic carbocycles. The van der Waals surface area contributed by atoms with Gasteiger partial charge in [0.15, 0.2) is 0 Å². The molecule has 0 fully saturated rings. The van der Waals surface area contributed by atoms with Crippen molar-refractivity contribution in [1.82, 2.24) is 0 Å². The SMILES string of the molecule is COC(=O)C(C)(C)C(/C=C/c1ccccc1)c1ccccc1. The number of allylic oxidation sites excluding steroid dienone is 1. The van der Waals surface area contributed by atoms with Crippen LogP contribution in [0.25, 0.3) is 6.08 Å². The van der Waals surface area contributed by atoms with Gasteiger partial charge in [0.1, 0.15) is 0 Å². The lowest BCUT2D eigenvalue weighted by molar-refractivity contribution is -0.151. The van der Waals surface area contributed by atoms with Crippen LogP contribution in [-0.4, -0.2) is 13.1 Å². The van der Waals surface area contributed by atoms with Crippen molar-refractivity contribution in [1.29, 1.82) is 0 Å². The zero-order valence-electron chi connectivity index (χ0n) is 13.3. The molecular weight excluding hydrogens is 272 g/mol. The van der Waals surface area contributed by atoms with E-state index in [1.807, 2.05) is 74.5 Å². The number of hydrogen-bond acceptors (Lipinski definition) is 2. The first-order valence-corrected chi connectivity index (χ1v) is 7.42. The predicted octanol–water partition coefficient (Wildman–Crippen LogP) is 4.68. The van der Waals surface area contributed by atoms with Crippen LogP contribution >= 0.6 is 0 Å². The highest BCUT2D eigenvalue weighted by Gasteiger charge is 2.37. The van der Waals surface area contributed by atoms with Crippen molar-refractivity contribution in [2.75, 3.05) is 7.11 Å². The molecule has 0 saturated carbocycles. The van der Waals surface area contributed by atoms with E-state index in [4.69, 9.17) is 4.74 Å². The maximum atomic E-state index is 12.2. The van der Waals surface area contributed by atoms with Crippen molar-refractivity contribution in [2.45, 2.75) is 19.8 Å². The number of hydrogen-bond donors (Lipinski definition) is 0. The molecule has 0 N–H and O–H groups in total. The van der Waals surface area contributed by atoms with Crippen LogP contribution < -0.4 is 0 Å². The molecule has 1 unspecified atom stereocenters. The first kappa shape index (κ1) is 16.0. The predicted molar refractivity (Wildman–Crippen MR) is 90.5 cm³/mol. The van der Waals surface area contributed by atoms with E-state index in [1.54, 1.807) is 0 Å². The van der Waals surface area contributed by atoms with Crippen molar-refractivity contribution < 1.29 is 9.53 Å². The quantitative estimate of drug-likeness (QED) is 0.748. The average Bonchev–Trinajstić information content (AvgIpc) is 2.56. The second-order valence-electron chi connectivity index (χ2n) is 5.87. The summed E-state index contributed by atoms with van der Waals surface area (Å²) in [5, 5.41) is 0. The van der Waals surface area contributed by atoms with E-state index in [-0.39, 0.29) is 11.9 Å². The molecule has 0 bridgehead atoms. The fourth-order valence-corrected chi connectivity index (χ4v) is 2.59. The van der Waals surface area contributed by atoms with Crippen LogP contribution in [0, 0.1) is 5.41 Å². The Morgan fingerprint density at radius 3 is 2.09 bits per heavy atom. The van der Waals surface area contributed by atoms with E-state index >= 15 is 0 Å². The van der Waals surface area contributed by atoms with Crippen molar-refractivity contribution in [3.8, 4) is 0 Å². The second-order valence-corrected chi connectivity index (χ2v) is 5.87. The average molecular weight is 294 g/mol. The van der Waals surface area contributed by atoms with Gasteiger partial charge in [0.25, 0.3) is 0 Å². The minimum Gasteiger partial charge on any atom is -0.469 e. The Balaban J connectivity index is 2.38. The lowest BCUT2D eigenvalue weighted by atomic mass is 9.74. The van der Waals surface area contributed by atoms with Crippen LogP contribution in [-0.2, 0) is 9.53 Å². The maximum absolute atomic E-state index is 12.2. The molecule has 0 aromatic heterocycles. The van der Waals surface area contributed by atoms with Crippen molar-refractivity contribution in [2.24, 2.45) is 5.41 Å². The van der Waals surface area contributed by atoms with Crippen molar-refractivity contribution >= 4 is 12.0 Å². The number of benzene rings is 2. The van der Waals surface area contributed by atoms with E-state index in [9.17, 15) is 4.79 Å².